The first-order chi connectivity index (χ1) is 9.90. The maximum atomic E-state index is 12.2. The molecule has 0 aliphatic heterocycles. The molecule has 0 heterocycles. The fourth-order valence-electron chi connectivity index (χ4n) is 1.78. The zero-order valence-corrected chi connectivity index (χ0v) is 13.3. The van der Waals surface area contributed by atoms with Gasteiger partial charge in [-0.2, -0.15) is 0 Å². The van der Waals surface area contributed by atoms with E-state index in [4.69, 9.17) is 23.2 Å². The molecule has 0 saturated heterocycles. The summed E-state index contributed by atoms with van der Waals surface area (Å²) in [6.07, 6.45) is -0.0768. The Morgan fingerprint density at radius 3 is 2.24 bits per heavy atom. The molecule has 0 unspecified atom stereocenters. The number of hydrogen-bond donors (Lipinski definition) is 0. The van der Waals surface area contributed by atoms with Gasteiger partial charge < -0.3 is 0 Å². The molecule has 0 amide bonds. The molecule has 0 bridgehead atoms. The van der Waals surface area contributed by atoms with Gasteiger partial charge in [-0.05, 0) is 18.2 Å². The second kappa shape index (κ2) is 6.60. The van der Waals surface area contributed by atoms with Gasteiger partial charge in [-0.3, -0.25) is 4.79 Å². The minimum atomic E-state index is -3.57. The quantitative estimate of drug-likeness (QED) is 0.770. The van der Waals surface area contributed by atoms with Crippen molar-refractivity contribution < 1.29 is 13.2 Å². The standard InChI is InChI=1S/C15H12Cl2O3S/c16-13-7-6-12(10-14(13)17)21(19,20)9-8-15(18)11-4-2-1-3-5-11/h1-7,10H,8-9H2. The van der Waals surface area contributed by atoms with E-state index in [0.717, 1.165) is 0 Å². The number of sulfone groups is 1. The van der Waals surface area contributed by atoms with E-state index in [1.54, 1.807) is 30.3 Å². The van der Waals surface area contributed by atoms with Crippen LogP contribution in [0.2, 0.25) is 10.0 Å². The van der Waals surface area contributed by atoms with Gasteiger partial charge in [-0.15, -0.1) is 0 Å². The van der Waals surface area contributed by atoms with E-state index in [0.29, 0.717) is 5.56 Å². The van der Waals surface area contributed by atoms with Crippen molar-refractivity contribution in [1.82, 2.24) is 0 Å². The molecule has 3 nitrogen and oxygen atoms in total. The molecule has 0 atom stereocenters. The monoisotopic (exact) mass is 342 g/mol. The minimum Gasteiger partial charge on any atom is -0.294 e. The van der Waals surface area contributed by atoms with Crippen LogP contribution in [0.4, 0.5) is 0 Å². The Balaban J connectivity index is 2.11. The van der Waals surface area contributed by atoms with Crippen LogP contribution in [0.3, 0.4) is 0 Å². The van der Waals surface area contributed by atoms with Gasteiger partial charge in [0.1, 0.15) is 0 Å². The molecule has 0 saturated carbocycles. The lowest BCUT2D eigenvalue weighted by atomic mass is 10.1. The number of Topliss-reactive ketones (excluding diaryl/α,β-unsaturated/α-hetero) is 1. The SMILES string of the molecule is O=C(CCS(=O)(=O)c1ccc(Cl)c(Cl)c1)c1ccccc1. The Bertz CT molecular complexity index is 756. The molecule has 0 aliphatic rings. The molecule has 2 aromatic rings. The third-order valence-corrected chi connectivity index (χ3v) is 5.40. The maximum Gasteiger partial charge on any atom is 0.178 e. The van der Waals surface area contributed by atoms with Crippen LogP contribution in [0.5, 0.6) is 0 Å². The lowest BCUT2D eigenvalue weighted by Gasteiger charge is -2.05. The van der Waals surface area contributed by atoms with Gasteiger partial charge >= 0.3 is 0 Å². The van der Waals surface area contributed by atoms with Crippen molar-refractivity contribution in [1.29, 1.82) is 0 Å². The highest BCUT2D eigenvalue weighted by Crippen LogP contribution is 2.25. The number of carbonyl (C=O) groups excluding carboxylic acids is 1. The zero-order valence-electron chi connectivity index (χ0n) is 10.9. The molecule has 2 rings (SSSR count). The van der Waals surface area contributed by atoms with Gasteiger partial charge in [0, 0.05) is 12.0 Å². The van der Waals surface area contributed by atoms with Gasteiger partial charge in [0.15, 0.2) is 15.6 Å². The van der Waals surface area contributed by atoms with E-state index in [-0.39, 0.29) is 32.9 Å². The summed E-state index contributed by atoms with van der Waals surface area (Å²) < 4.78 is 24.4. The molecule has 0 aliphatic carbocycles. The summed E-state index contributed by atoms with van der Waals surface area (Å²) in [6, 6.07) is 12.7. The van der Waals surface area contributed by atoms with Crippen molar-refractivity contribution in [3.63, 3.8) is 0 Å². The summed E-state index contributed by atoms with van der Waals surface area (Å²) in [5.74, 6) is -0.474. The molecule has 110 valence electrons. The Hall–Kier alpha value is -1.36. The lowest BCUT2D eigenvalue weighted by molar-refractivity contribution is 0.0989. The molecule has 0 radical (unpaired) electrons. The minimum absolute atomic E-state index is 0.0674. The summed E-state index contributed by atoms with van der Waals surface area (Å²) in [4.78, 5) is 12.0. The van der Waals surface area contributed by atoms with Crippen LogP contribution in [0.15, 0.2) is 53.4 Å². The van der Waals surface area contributed by atoms with E-state index < -0.39 is 9.84 Å². The average Bonchev–Trinajstić information content (AvgIpc) is 2.48. The van der Waals surface area contributed by atoms with Gasteiger partial charge in [0.25, 0.3) is 0 Å². The Morgan fingerprint density at radius 1 is 0.952 bits per heavy atom. The van der Waals surface area contributed by atoms with Crippen LogP contribution in [-0.2, 0) is 9.84 Å². The van der Waals surface area contributed by atoms with E-state index in [9.17, 15) is 13.2 Å². The molecule has 6 heteroatoms. The third kappa shape index (κ3) is 4.06. The average molecular weight is 343 g/mol. The maximum absolute atomic E-state index is 12.2. The van der Waals surface area contributed by atoms with Crippen LogP contribution in [0.25, 0.3) is 0 Å². The molecule has 21 heavy (non-hydrogen) atoms. The summed E-state index contributed by atoms with van der Waals surface area (Å²) in [6.45, 7) is 0. The fraction of sp³-hybridized carbons (Fsp3) is 0.133. The number of rotatable bonds is 5. The third-order valence-electron chi connectivity index (χ3n) is 2.94. The van der Waals surface area contributed by atoms with Gasteiger partial charge in [-0.25, -0.2) is 8.42 Å². The zero-order chi connectivity index (χ0) is 15.5. The summed E-state index contributed by atoms with van der Waals surface area (Å²) in [7, 11) is -3.57. The van der Waals surface area contributed by atoms with Gasteiger partial charge in [0.05, 0.1) is 20.7 Å². The van der Waals surface area contributed by atoms with Crippen LogP contribution >= 0.6 is 23.2 Å². The number of halogens is 2. The molecular formula is C15H12Cl2O3S. The molecule has 0 N–H and O–H groups in total. The Kier molecular flexibility index (Phi) is 5.04. The lowest BCUT2D eigenvalue weighted by Crippen LogP contribution is -2.11. The molecule has 0 aromatic heterocycles. The van der Waals surface area contributed by atoms with Crippen LogP contribution in [0, 0.1) is 0 Å². The molecule has 0 spiro atoms. The van der Waals surface area contributed by atoms with Gasteiger partial charge in [0.2, 0.25) is 0 Å². The van der Waals surface area contributed by atoms with Crippen LogP contribution in [0.1, 0.15) is 16.8 Å². The number of hydrogen-bond acceptors (Lipinski definition) is 3. The van der Waals surface area contributed by atoms with Crippen molar-refractivity contribution >= 4 is 38.8 Å². The second-order valence-corrected chi connectivity index (χ2v) is 7.36. The van der Waals surface area contributed by atoms with Crippen molar-refractivity contribution in [3.05, 3.63) is 64.1 Å². The van der Waals surface area contributed by atoms with Crippen molar-refractivity contribution in [2.24, 2.45) is 0 Å². The highest BCUT2D eigenvalue weighted by atomic mass is 35.5. The first kappa shape index (κ1) is 16.0. The van der Waals surface area contributed by atoms with E-state index in [2.05, 4.69) is 0 Å². The first-order valence-corrected chi connectivity index (χ1v) is 8.57. The summed E-state index contributed by atoms with van der Waals surface area (Å²) in [5.41, 5.74) is 0.502. The van der Waals surface area contributed by atoms with Gasteiger partial charge in [-0.1, -0.05) is 53.5 Å². The van der Waals surface area contributed by atoms with Crippen LogP contribution < -0.4 is 0 Å². The highest BCUT2D eigenvalue weighted by Gasteiger charge is 2.18. The first-order valence-electron chi connectivity index (χ1n) is 6.16. The second-order valence-electron chi connectivity index (χ2n) is 4.43. The highest BCUT2D eigenvalue weighted by molar-refractivity contribution is 7.91. The predicted molar refractivity (Wildman–Crippen MR) is 83.9 cm³/mol. The number of carbonyl (C=O) groups is 1. The summed E-state index contributed by atoms with van der Waals surface area (Å²) in [5, 5.41) is 0.461. The van der Waals surface area contributed by atoms with Crippen molar-refractivity contribution in [3.8, 4) is 0 Å². The number of ketones is 1. The van der Waals surface area contributed by atoms with Crippen molar-refractivity contribution in [2.45, 2.75) is 11.3 Å². The molecule has 2 aromatic carbocycles. The normalized spacial score (nSPS) is 11.3. The Morgan fingerprint density at radius 2 is 1.62 bits per heavy atom. The fourth-order valence-corrected chi connectivity index (χ4v) is 3.41. The largest absolute Gasteiger partial charge is 0.294 e. The molecular weight excluding hydrogens is 331 g/mol. The smallest absolute Gasteiger partial charge is 0.178 e. The Labute approximate surface area is 133 Å². The topological polar surface area (TPSA) is 51.2 Å². The van der Waals surface area contributed by atoms with E-state index >= 15 is 0 Å². The van der Waals surface area contributed by atoms with E-state index in [1.165, 1.54) is 18.2 Å². The number of benzene rings is 2. The molecule has 0 fully saturated rings. The van der Waals surface area contributed by atoms with E-state index in [1.807, 2.05) is 0 Å². The predicted octanol–water partition coefficient (Wildman–Crippen LogP) is 4.04. The summed E-state index contributed by atoms with van der Waals surface area (Å²) >= 11 is 11.6. The van der Waals surface area contributed by atoms with Crippen molar-refractivity contribution in [2.75, 3.05) is 5.75 Å². The van der Waals surface area contributed by atoms with Crippen LogP contribution in [-0.4, -0.2) is 20.0 Å².